The second kappa shape index (κ2) is 7.05. The molecule has 1 fully saturated rings. The highest BCUT2D eigenvalue weighted by Gasteiger charge is 2.17. The summed E-state index contributed by atoms with van der Waals surface area (Å²) in [6, 6.07) is 15.1. The Morgan fingerprint density at radius 1 is 0.880 bits per heavy atom. The van der Waals surface area contributed by atoms with Gasteiger partial charge in [-0.2, -0.15) is 0 Å². The SMILES string of the molecule is Fc1ccc(CNc2nnc(NC3CCCC3)c3ccccc23)cc1. The predicted octanol–water partition coefficient (Wildman–Crippen LogP) is 4.74. The van der Waals surface area contributed by atoms with Crippen LogP contribution in [0.4, 0.5) is 16.0 Å². The van der Waals surface area contributed by atoms with E-state index in [9.17, 15) is 4.39 Å². The van der Waals surface area contributed by atoms with Crippen molar-refractivity contribution >= 4 is 22.4 Å². The maximum Gasteiger partial charge on any atom is 0.157 e. The van der Waals surface area contributed by atoms with Gasteiger partial charge in [-0.3, -0.25) is 0 Å². The molecular weight excluding hydrogens is 315 g/mol. The summed E-state index contributed by atoms with van der Waals surface area (Å²) in [6.45, 7) is 0.578. The van der Waals surface area contributed by atoms with E-state index in [1.54, 1.807) is 12.1 Å². The van der Waals surface area contributed by atoms with Crippen LogP contribution in [0.25, 0.3) is 10.8 Å². The van der Waals surface area contributed by atoms with Crippen molar-refractivity contribution in [3.63, 3.8) is 0 Å². The molecule has 0 radical (unpaired) electrons. The lowest BCUT2D eigenvalue weighted by Gasteiger charge is -2.15. The number of anilines is 2. The third-order valence-electron chi connectivity index (χ3n) is 4.76. The maximum absolute atomic E-state index is 13.0. The van der Waals surface area contributed by atoms with Gasteiger partial charge in [0.2, 0.25) is 0 Å². The van der Waals surface area contributed by atoms with Crippen LogP contribution in [-0.2, 0) is 6.54 Å². The fourth-order valence-corrected chi connectivity index (χ4v) is 3.39. The van der Waals surface area contributed by atoms with Crippen LogP contribution in [-0.4, -0.2) is 16.2 Å². The molecule has 25 heavy (non-hydrogen) atoms. The van der Waals surface area contributed by atoms with E-state index in [2.05, 4.69) is 33.0 Å². The van der Waals surface area contributed by atoms with Crippen molar-refractivity contribution in [1.29, 1.82) is 0 Å². The minimum Gasteiger partial charge on any atom is -0.365 e. The first-order chi connectivity index (χ1) is 12.3. The molecule has 2 aromatic carbocycles. The lowest BCUT2D eigenvalue weighted by Crippen LogP contribution is -2.16. The van der Waals surface area contributed by atoms with Crippen molar-refractivity contribution in [1.82, 2.24) is 10.2 Å². The lowest BCUT2D eigenvalue weighted by molar-refractivity contribution is 0.627. The van der Waals surface area contributed by atoms with Gasteiger partial charge in [-0.25, -0.2) is 4.39 Å². The van der Waals surface area contributed by atoms with Gasteiger partial charge in [0.05, 0.1) is 0 Å². The largest absolute Gasteiger partial charge is 0.365 e. The molecule has 0 spiro atoms. The summed E-state index contributed by atoms with van der Waals surface area (Å²) < 4.78 is 13.0. The van der Waals surface area contributed by atoms with E-state index in [0.29, 0.717) is 12.6 Å². The first-order valence-corrected chi connectivity index (χ1v) is 8.80. The van der Waals surface area contributed by atoms with Gasteiger partial charge in [0.15, 0.2) is 11.6 Å². The molecule has 0 unspecified atom stereocenters. The number of nitrogens with one attached hydrogen (secondary N) is 2. The quantitative estimate of drug-likeness (QED) is 0.707. The first-order valence-electron chi connectivity index (χ1n) is 8.80. The summed E-state index contributed by atoms with van der Waals surface area (Å²) in [4.78, 5) is 0. The fourth-order valence-electron chi connectivity index (χ4n) is 3.39. The fraction of sp³-hybridized carbons (Fsp3) is 0.300. The Morgan fingerprint density at radius 2 is 1.52 bits per heavy atom. The zero-order chi connectivity index (χ0) is 17.1. The molecule has 0 amide bonds. The van der Waals surface area contributed by atoms with E-state index in [1.165, 1.54) is 37.8 Å². The van der Waals surface area contributed by atoms with Gasteiger partial charge >= 0.3 is 0 Å². The molecule has 1 aliphatic carbocycles. The molecule has 0 bridgehead atoms. The second-order valence-corrected chi connectivity index (χ2v) is 6.55. The van der Waals surface area contributed by atoms with Crippen LogP contribution in [0, 0.1) is 5.82 Å². The molecule has 4 rings (SSSR count). The van der Waals surface area contributed by atoms with Gasteiger partial charge in [0.1, 0.15) is 5.82 Å². The van der Waals surface area contributed by atoms with Gasteiger partial charge in [0.25, 0.3) is 0 Å². The minimum absolute atomic E-state index is 0.226. The number of fused-ring (bicyclic) bond motifs is 1. The maximum atomic E-state index is 13.0. The molecule has 0 saturated heterocycles. The molecule has 5 heteroatoms. The number of benzene rings is 2. The third kappa shape index (κ3) is 3.55. The van der Waals surface area contributed by atoms with Crippen molar-refractivity contribution < 1.29 is 4.39 Å². The second-order valence-electron chi connectivity index (χ2n) is 6.55. The van der Waals surface area contributed by atoms with Crippen molar-refractivity contribution in [3.05, 3.63) is 59.9 Å². The number of hydrogen-bond donors (Lipinski definition) is 2. The van der Waals surface area contributed by atoms with E-state index in [4.69, 9.17) is 0 Å². The topological polar surface area (TPSA) is 49.8 Å². The monoisotopic (exact) mass is 336 g/mol. The standard InChI is InChI=1S/C20H21FN4/c21-15-11-9-14(10-12-15)13-22-19-17-7-3-4-8-18(17)20(25-24-19)23-16-5-1-2-6-16/h3-4,7-12,16H,1-2,5-6,13H2,(H,22,24)(H,23,25). The molecule has 1 aromatic heterocycles. The van der Waals surface area contributed by atoms with Crippen molar-refractivity contribution in [2.75, 3.05) is 10.6 Å². The molecule has 0 atom stereocenters. The Hall–Kier alpha value is -2.69. The zero-order valence-electron chi connectivity index (χ0n) is 14.0. The van der Waals surface area contributed by atoms with E-state index < -0.39 is 0 Å². The van der Waals surface area contributed by atoms with Crippen LogP contribution in [0.15, 0.2) is 48.5 Å². The summed E-state index contributed by atoms with van der Waals surface area (Å²) in [5.74, 6) is 1.38. The summed E-state index contributed by atoms with van der Waals surface area (Å²) in [5, 5.41) is 17.8. The number of rotatable bonds is 5. The number of nitrogens with zero attached hydrogens (tertiary/aromatic N) is 2. The molecule has 1 aliphatic rings. The number of hydrogen-bond acceptors (Lipinski definition) is 4. The van der Waals surface area contributed by atoms with Crippen LogP contribution >= 0.6 is 0 Å². The smallest absolute Gasteiger partial charge is 0.157 e. The summed E-state index contributed by atoms with van der Waals surface area (Å²) >= 11 is 0. The molecule has 4 nitrogen and oxygen atoms in total. The third-order valence-corrected chi connectivity index (χ3v) is 4.76. The Kier molecular flexibility index (Phi) is 4.46. The van der Waals surface area contributed by atoms with Crippen molar-refractivity contribution in [2.45, 2.75) is 38.3 Å². The Morgan fingerprint density at radius 3 is 2.24 bits per heavy atom. The van der Waals surface area contributed by atoms with E-state index >= 15 is 0 Å². The highest BCUT2D eigenvalue weighted by atomic mass is 19.1. The van der Waals surface area contributed by atoms with Crippen molar-refractivity contribution in [3.8, 4) is 0 Å². The Balaban J connectivity index is 1.58. The molecule has 128 valence electrons. The molecule has 1 saturated carbocycles. The Bertz CT molecular complexity index is 857. The highest BCUT2D eigenvalue weighted by Crippen LogP contribution is 2.29. The molecule has 3 aromatic rings. The zero-order valence-corrected chi connectivity index (χ0v) is 14.0. The lowest BCUT2D eigenvalue weighted by atomic mass is 10.1. The summed E-state index contributed by atoms with van der Waals surface area (Å²) in [6.07, 6.45) is 4.95. The number of aromatic nitrogens is 2. The average Bonchev–Trinajstić information content (AvgIpc) is 3.15. The van der Waals surface area contributed by atoms with Gasteiger partial charge in [-0.1, -0.05) is 49.2 Å². The van der Waals surface area contributed by atoms with E-state index in [0.717, 1.165) is 28.0 Å². The van der Waals surface area contributed by atoms with Crippen LogP contribution in [0.2, 0.25) is 0 Å². The van der Waals surface area contributed by atoms with Gasteiger partial charge < -0.3 is 10.6 Å². The van der Waals surface area contributed by atoms with Gasteiger partial charge in [0, 0.05) is 23.4 Å². The minimum atomic E-state index is -0.226. The summed E-state index contributed by atoms with van der Waals surface area (Å²) in [7, 11) is 0. The highest BCUT2D eigenvalue weighted by molar-refractivity contribution is 5.98. The van der Waals surface area contributed by atoms with Crippen LogP contribution < -0.4 is 10.6 Å². The molecule has 2 N–H and O–H groups in total. The van der Waals surface area contributed by atoms with Gasteiger partial charge in [-0.15, -0.1) is 10.2 Å². The van der Waals surface area contributed by atoms with Crippen LogP contribution in [0.1, 0.15) is 31.2 Å². The molecule has 0 aliphatic heterocycles. The number of halogens is 1. The van der Waals surface area contributed by atoms with Gasteiger partial charge in [-0.05, 0) is 30.5 Å². The predicted molar refractivity (Wildman–Crippen MR) is 99.1 cm³/mol. The Labute approximate surface area is 146 Å². The van der Waals surface area contributed by atoms with Crippen LogP contribution in [0.3, 0.4) is 0 Å². The molecular formula is C20H21FN4. The van der Waals surface area contributed by atoms with Crippen molar-refractivity contribution in [2.24, 2.45) is 0 Å². The summed E-state index contributed by atoms with van der Waals surface area (Å²) in [5.41, 5.74) is 1.00. The van der Waals surface area contributed by atoms with E-state index in [-0.39, 0.29) is 5.82 Å². The first kappa shape index (κ1) is 15.8. The van der Waals surface area contributed by atoms with Crippen LogP contribution in [0.5, 0.6) is 0 Å². The van der Waals surface area contributed by atoms with E-state index in [1.807, 2.05) is 12.1 Å². The average molecular weight is 336 g/mol. The normalized spacial score (nSPS) is 14.8. The molecule has 1 heterocycles.